The third kappa shape index (κ3) is 6.93. The summed E-state index contributed by atoms with van der Waals surface area (Å²) in [7, 11) is 0. The average Bonchev–Trinajstić information content (AvgIpc) is 3.04. The molecule has 0 radical (unpaired) electrons. The highest BCUT2D eigenvalue weighted by Crippen LogP contribution is 2.49. The molecular formula is C38H22F12O2. The number of alkyl halides is 12. The Kier molecular flexibility index (Phi) is 8.87. The summed E-state index contributed by atoms with van der Waals surface area (Å²) in [6.45, 7) is 0. The van der Waals surface area contributed by atoms with E-state index in [4.69, 9.17) is 0 Å². The first-order chi connectivity index (χ1) is 24.1. The highest BCUT2D eigenvalue weighted by molar-refractivity contribution is 6.10. The zero-order valence-corrected chi connectivity index (χ0v) is 26.1. The van der Waals surface area contributed by atoms with Gasteiger partial charge in [-0.3, -0.25) is 0 Å². The van der Waals surface area contributed by atoms with Gasteiger partial charge in [0, 0.05) is 24.0 Å². The SMILES string of the molecule is Oc1c(Cc2ccc(C(F)(F)F)cc2C(F)(F)F)cc2ccccc2c1-c1c(O)c(Cc2ccc(C(F)(F)F)cc2C(F)(F)F)cc2ccccc12. The first-order valence-electron chi connectivity index (χ1n) is 15.2. The fourth-order valence-corrected chi connectivity index (χ4v) is 6.32. The van der Waals surface area contributed by atoms with Crippen molar-refractivity contribution in [3.05, 3.63) is 142 Å². The number of benzene rings is 6. The smallest absolute Gasteiger partial charge is 0.416 e. The monoisotopic (exact) mass is 738 g/mol. The lowest BCUT2D eigenvalue weighted by atomic mass is 9.86. The quantitative estimate of drug-likeness (QED) is 0.173. The number of aromatic hydroxyl groups is 2. The first kappa shape index (κ1) is 36.4. The van der Waals surface area contributed by atoms with E-state index in [0.29, 0.717) is 35.0 Å². The molecule has 0 fully saturated rings. The summed E-state index contributed by atoms with van der Waals surface area (Å²) >= 11 is 0. The van der Waals surface area contributed by atoms with Crippen molar-refractivity contribution in [3.8, 4) is 22.6 Å². The van der Waals surface area contributed by atoms with Gasteiger partial charge in [-0.25, -0.2) is 0 Å². The summed E-state index contributed by atoms with van der Waals surface area (Å²) in [5.41, 5.74) is -8.15. The van der Waals surface area contributed by atoms with Crippen LogP contribution in [0.15, 0.2) is 97.1 Å². The van der Waals surface area contributed by atoms with E-state index in [0.717, 1.165) is 0 Å². The lowest BCUT2D eigenvalue weighted by Gasteiger charge is -2.21. The zero-order chi connectivity index (χ0) is 38.0. The van der Waals surface area contributed by atoms with Crippen molar-refractivity contribution < 1.29 is 62.9 Å². The second-order valence-corrected chi connectivity index (χ2v) is 12.0. The number of phenolic OH excluding ortho intramolecular Hbond substituents is 2. The topological polar surface area (TPSA) is 40.5 Å². The molecule has 0 atom stereocenters. The van der Waals surface area contributed by atoms with Crippen LogP contribution in [0.1, 0.15) is 44.5 Å². The Bertz CT molecular complexity index is 2170. The van der Waals surface area contributed by atoms with Gasteiger partial charge in [-0.05, 0) is 80.2 Å². The second-order valence-electron chi connectivity index (χ2n) is 12.0. The average molecular weight is 739 g/mol. The lowest BCUT2D eigenvalue weighted by Crippen LogP contribution is -2.14. The van der Waals surface area contributed by atoms with Gasteiger partial charge in [0.05, 0.1) is 22.3 Å². The molecule has 6 aromatic carbocycles. The Balaban J connectivity index is 1.59. The van der Waals surface area contributed by atoms with Crippen LogP contribution >= 0.6 is 0 Å². The number of hydrogen-bond donors (Lipinski definition) is 2. The number of halogens is 12. The van der Waals surface area contributed by atoms with E-state index in [1.54, 1.807) is 24.3 Å². The fourth-order valence-electron chi connectivity index (χ4n) is 6.32. The maximum absolute atomic E-state index is 14.1. The van der Waals surface area contributed by atoms with Crippen LogP contribution in [0.4, 0.5) is 52.7 Å². The van der Waals surface area contributed by atoms with Gasteiger partial charge < -0.3 is 10.2 Å². The van der Waals surface area contributed by atoms with Crippen molar-refractivity contribution in [3.63, 3.8) is 0 Å². The molecule has 0 aliphatic heterocycles. The predicted octanol–water partition coefficient (Wildman–Crippen LogP) is 12.3. The molecule has 14 heteroatoms. The van der Waals surface area contributed by atoms with Gasteiger partial charge in [-0.15, -0.1) is 0 Å². The van der Waals surface area contributed by atoms with Crippen LogP contribution in [0.2, 0.25) is 0 Å². The number of phenols is 2. The largest absolute Gasteiger partial charge is 0.507 e. The molecule has 2 nitrogen and oxygen atoms in total. The molecular weight excluding hydrogens is 716 g/mol. The van der Waals surface area contributed by atoms with Crippen LogP contribution in [0.3, 0.4) is 0 Å². The summed E-state index contributed by atoms with van der Waals surface area (Å²) in [5, 5.41) is 24.7. The molecule has 0 unspecified atom stereocenters. The third-order valence-corrected chi connectivity index (χ3v) is 8.70. The maximum Gasteiger partial charge on any atom is 0.416 e. The molecule has 0 spiro atoms. The number of rotatable bonds is 5. The Morgan fingerprint density at radius 1 is 0.385 bits per heavy atom. The minimum Gasteiger partial charge on any atom is -0.507 e. The maximum atomic E-state index is 14.1. The predicted molar refractivity (Wildman–Crippen MR) is 169 cm³/mol. The van der Waals surface area contributed by atoms with Crippen molar-refractivity contribution in [1.29, 1.82) is 0 Å². The van der Waals surface area contributed by atoms with Gasteiger partial charge in [0.2, 0.25) is 0 Å². The van der Waals surface area contributed by atoms with E-state index in [1.807, 2.05) is 0 Å². The van der Waals surface area contributed by atoms with Crippen molar-refractivity contribution in [1.82, 2.24) is 0 Å². The van der Waals surface area contributed by atoms with Crippen LogP contribution in [0, 0.1) is 0 Å². The van der Waals surface area contributed by atoms with Crippen molar-refractivity contribution >= 4 is 21.5 Å². The van der Waals surface area contributed by atoms with Gasteiger partial charge in [0.1, 0.15) is 11.5 Å². The standard InChI is InChI=1S/C38H22F12O2/c39-35(40,41)25-11-9-21(29(17-25)37(45,46)47)15-23-13-19-5-1-3-7-27(19)31(33(23)51)32-28-8-4-2-6-20(28)14-24(34(32)52)16-22-10-12-26(36(42,43)44)18-30(22)38(48,49)50/h1-14,17-18,51-52H,15-16H2. The van der Waals surface area contributed by atoms with Crippen molar-refractivity contribution in [2.75, 3.05) is 0 Å². The molecule has 270 valence electrons. The van der Waals surface area contributed by atoms with E-state index in [9.17, 15) is 62.9 Å². The highest BCUT2D eigenvalue weighted by atomic mass is 19.4. The van der Waals surface area contributed by atoms with Gasteiger partial charge in [0.15, 0.2) is 0 Å². The molecule has 0 bridgehead atoms. The summed E-state index contributed by atoms with van der Waals surface area (Å²) in [6.07, 6.45) is -22.1. The van der Waals surface area contributed by atoms with E-state index < -0.39 is 82.4 Å². The molecule has 0 aliphatic carbocycles. The third-order valence-electron chi connectivity index (χ3n) is 8.70. The molecule has 0 aromatic heterocycles. The van der Waals surface area contributed by atoms with Crippen LogP contribution < -0.4 is 0 Å². The number of hydrogen-bond acceptors (Lipinski definition) is 2. The van der Waals surface area contributed by atoms with E-state index in [1.165, 1.54) is 36.4 Å². The summed E-state index contributed by atoms with van der Waals surface area (Å²) < 4.78 is 164. The van der Waals surface area contributed by atoms with Gasteiger partial charge >= 0.3 is 24.7 Å². The Morgan fingerprint density at radius 3 is 1.06 bits per heavy atom. The molecule has 0 aliphatic rings. The van der Waals surface area contributed by atoms with E-state index >= 15 is 0 Å². The van der Waals surface area contributed by atoms with Crippen LogP contribution in [0.25, 0.3) is 32.7 Å². The minimum absolute atomic E-state index is 0.0341. The summed E-state index contributed by atoms with van der Waals surface area (Å²) in [6, 6.07) is 17.1. The van der Waals surface area contributed by atoms with Crippen LogP contribution in [-0.2, 0) is 37.5 Å². The Morgan fingerprint density at radius 2 is 0.731 bits per heavy atom. The summed E-state index contributed by atoms with van der Waals surface area (Å²) in [5.74, 6) is -1.34. The molecule has 6 rings (SSSR count). The number of fused-ring (bicyclic) bond motifs is 2. The minimum atomic E-state index is -5.22. The highest BCUT2D eigenvalue weighted by Gasteiger charge is 2.40. The van der Waals surface area contributed by atoms with Gasteiger partial charge in [-0.1, -0.05) is 60.7 Å². The molecule has 0 saturated heterocycles. The van der Waals surface area contributed by atoms with Gasteiger partial charge in [-0.2, -0.15) is 52.7 Å². The molecule has 52 heavy (non-hydrogen) atoms. The zero-order valence-electron chi connectivity index (χ0n) is 26.1. The molecule has 0 saturated carbocycles. The van der Waals surface area contributed by atoms with Gasteiger partial charge in [0.25, 0.3) is 0 Å². The fraction of sp³-hybridized carbons (Fsp3) is 0.158. The lowest BCUT2D eigenvalue weighted by molar-refractivity contribution is -0.145. The summed E-state index contributed by atoms with van der Waals surface area (Å²) in [4.78, 5) is 0. The van der Waals surface area contributed by atoms with E-state index in [2.05, 4.69) is 0 Å². The molecule has 6 aromatic rings. The molecule has 0 amide bonds. The van der Waals surface area contributed by atoms with E-state index in [-0.39, 0.29) is 45.2 Å². The van der Waals surface area contributed by atoms with Crippen molar-refractivity contribution in [2.24, 2.45) is 0 Å². The normalized spacial score (nSPS) is 12.9. The Labute approximate surface area is 286 Å². The Hall–Kier alpha value is -5.40. The van der Waals surface area contributed by atoms with Crippen molar-refractivity contribution in [2.45, 2.75) is 37.5 Å². The molecule has 0 heterocycles. The van der Waals surface area contributed by atoms with Crippen LogP contribution in [0.5, 0.6) is 11.5 Å². The molecule has 2 N–H and O–H groups in total. The second kappa shape index (κ2) is 12.7. The van der Waals surface area contributed by atoms with Crippen LogP contribution in [-0.4, -0.2) is 10.2 Å². The first-order valence-corrected chi connectivity index (χ1v) is 15.2.